The third-order valence-corrected chi connectivity index (χ3v) is 3.01. The Morgan fingerprint density at radius 3 is 2.50 bits per heavy atom. The Morgan fingerprint density at radius 2 is 1.95 bits per heavy atom. The number of rotatable bonds is 5. The monoisotopic (exact) mass is 296 g/mol. The Bertz CT molecular complexity index is 761. The molecule has 110 valence electrons. The summed E-state index contributed by atoms with van der Waals surface area (Å²) in [4.78, 5) is 22.0. The van der Waals surface area contributed by atoms with Crippen molar-refractivity contribution in [2.75, 3.05) is 0 Å². The molecule has 0 N–H and O–H groups in total. The summed E-state index contributed by atoms with van der Waals surface area (Å²) < 4.78 is 5.48. The second-order valence-corrected chi connectivity index (χ2v) is 4.45. The van der Waals surface area contributed by atoms with E-state index in [1.54, 1.807) is 31.2 Å². The zero-order valence-electron chi connectivity index (χ0n) is 11.8. The molecule has 2 aromatic carbocycles. The van der Waals surface area contributed by atoms with Crippen molar-refractivity contribution in [2.24, 2.45) is 0 Å². The predicted molar refractivity (Wildman–Crippen MR) is 78.9 cm³/mol. The van der Waals surface area contributed by atoms with Gasteiger partial charge in [0.25, 0.3) is 0 Å². The molecule has 22 heavy (non-hydrogen) atoms. The molecule has 6 nitrogen and oxygen atoms in total. The van der Waals surface area contributed by atoms with E-state index < -0.39 is 4.92 Å². The number of carbonyl (C=O) groups excluding carboxylic acids is 1. The van der Waals surface area contributed by atoms with Crippen molar-refractivity contribution in [1.82, 2.24) is 0 Å². The van der Waals surface area contributed by atoms with E-state index in [0.717, 1.165) is 6.07 Å². The van der Waals surface area contributed by atoms with Crippen LogP contribution in [0.25, 0.3) is 0 Å². The molecule has 2 rings (SSSR count). The first-order chi connectivity index (χ1) is 10.5. The highest BCUT2D eigenvalue weighted by Gasteiger charge is 2.17. The molecule has 0 fully saturated rings. The highest BCUT2D eigenvalue weighted by atomic mass is 16.6. The van der Waals surface area contributed by atoms with Gasteiger partial charge >= 0.3 is 5.69 Å². The molecule has 6 heteroatoms. The van der Waals surface area contributed by atoms with Gasteiger partial charge in [-0.15, -0.1) is 0 Å². The maximum Gasteiger partial charge on any atom is 0.312 e. The standard InChI is InChI=1S/C16H12N2O4/c1-2-15(19)12-4-6-13(7-5-12)22-16-8-3-11(10-17)9-14(16)18(20)21/h3-9H,2H2,1H3. The Hall–Kier alpha value is -3.20. The third kappa shape index (κ3) is 3.27. The minimum absolute atomic E-state index is 0.0101. The van der Waals surface area contributed by atoms with Gasteiger partial charge < -0.3 is 4.74 Å². The molecule has 0 saturated carbocycles. The molecule has 0 aliphatic heterocycles. The number of nitriles is 1. The van der Waals surface area contributed by atoms with Crippen LogP contribution in [0.5, 0.6) is 11.5 Å². The van der Waals surface area contributed by atoms with E-state index in [0.29, 0.717) is 17.7 Å². The van der Waals surface area contributed by atoms with Crippen molar-refractivity contribution >= 4 is 11.5 Å². The quantitative estimate of drug-likeness (QED) is 0.474. The summed E-state index contributed by atoms with van der Waals surface area (Å²) in [5.74, 6) is 0.426. The minimum Gasteiger partial charge on any atom is -0.450 e. The van der Waals surface area contributed by atoms with Gasteiger partial charge in [0.1, 0.15) is 5.75 Å². The first kappa shape index (κ1) is 15.2. The number of ketones is 1. The van der Waals surface area contributed by atoms with Crippen molar-refractivity contribution in [3.63, 3.8) is 0 Å². The average molecular weight is 296 g/mol. The first-order valence-corrected chi connectivity index (χ1v) is 6.54. The summed E-state index contributed by atoms with van der Waals surface area (Å²) in [6.07, 6.45) is 0.404. The topological polar surface area (TPSA) is 93.2 Å². The molecule has 0 unspecified atom stereocenters. The zero-order chi connectivity index (χ0) is 16.1. The zero-order valence-corrected chi connectivity index (χ0v) is 11.8. The molecule has 0 atom stereocenters. The number of nitro groups is 1. The summed E-state index contributed by atoms with van der Waals surface area (Å²) in [7, 11) is 0. The SMILES string of the molecule is CCC(=O)c1ccc(Oc2ccc(C#N)cc2[N+](=O)[O-])cc1. The van der Waals surface area contributed by atoms with Gasteiger partial charge in [-0.2, -0.15) is 5.26 Å². The Labute approximate surface area is 126 Å². The van der Waals surface area contributed by atoms with Gasteiger partial charge in [0.2, 0.25) is 5.75 Å². The van der Waals surface area contributed by atoms with E-state index in [9.17, 15) is 14.9 Å². The highest BCUT2D eigenvalue weighted by Crippen LogP contribution is 2.32. The summed E-state index contributed by atoms with van der Waals surface area (Å²) in [6, 6.07) is 12.2. The van der Waals surface area contributed by atoms with Crippen LogP contribution in [0.3, 0.4) is 0 Å². The summed E-state index contributed by atoms with van der Waals surface area (Å²) in [5.41, 5.74) is 0.458. The number of benzene rings is 2. The fraction of sp³-hybridized carbons (Fsp3) is 0.125. The lowest BCUT2D eigenvalue weighted by Crippen LogP contribution is -1.97. The minimum atomic E-state index is -0.606. The number of nitro benzene ring substituents is 1. The van der Waals surface area contributed by atoms with E-state index in [1.165, 1.54) is 12.1 Å². The van der Waals surface area contributed by atoms with Crippen LogP contribution >= 0.6 is 0 Å². The maximum absolute atomic E-state index is 11.5. The van der Waals surface area contributed by atoms with E-state index >= 15 is 0 Å². The maximum atomic E-state index is 11.5. The molecule has 0 bridgehead atoms. The number of carbonyl (C=O) groups is 1. The lowest BCUT2D eigenvalue weighted by Gasteiger charge is -2.07. The molecule has 0 aliphatic rings. The van der Waals surface area contributed by atoms with Gasteiger partial charge in [-0.3, -0.25) is 14.9 Å². The fourth-order valence-electron chi connectivity index (χ4n) is 1.86. The van der Waals surface area contributed by atoms with Gasteiger partial charge in [-0.05, 0) is 36.4 Å². The third-order valence-electron chi connectivity index (χ3n) is 3.01. The van der Waals surface area contributed by atoms with Gasteiger partial charge in [0, 0.05) is 18.1 Å². The van der Waals surface area contributed by atoms with Gasteiger partial charge in [-0.1, -0.05) is 6.92 Å². The van der Waals surface area contributed by atoms with Crippen molar-refractivity contribution in [3.05, 3.63) is 63.7 Å². The Balaban J connectivity index is 2.29. The van der Waals surface area contributed by atoms with Crippen LogP contribution in [0.4, 0.5) is 5.69 Å². The van der Waals surface area contributed by atoms with E-state index in [-0.39, 0.29) is 22.8 Å². The van der Waals surface area contributed by atoms with Gasteiger partial charge in [-0.25, -0.2) is 0 Å². The molecular weight excluding hydrogens is 284 g/mol. The van der Waals surface area contributed by atoms with Gasteiger partial charge in [0.15, 0.2) is 5.78 Å². The van der Waals surface area contributed by atoms with Crippen LogP contribution in [0, 0.1) is 21.4 Å². The highest BCUT2D eigenvalue weighted by molar-refractivity contribution is 5.95. The largest absolute Gasteiger partial charge is 0.450 e. The lowest BCUT2D eigenvalue weighted by molar-refractivity contribution is -0.385. The summed E-state index contributed by atoms with van der Waals surface area (Å²) >= 11 is 0. The molecule has 0 heterocycles. The van der Waals surface area contributed by atoms with Crippen LogP contribution in [-0.4, -0.2) is 10.7 Å². The molecule has 0 aliphatic carbocycles. The lowest BCUT2D eigenvalue weighted by atomic mass is 10.1. The summed E-state index contributed by atoms with van der Waals surface area (Å²) in [6.45, 7) is 1.77. The van der Waals surface area contributed by atoms with Crippen LogP contribution < -0.4 is 4.74 Å². The van der Waals surface area contributed by atoms with Crippen molar-refractivity contribution in [2.45, 2.75) is 13.3 Å². The molecule has 0 radical (unpaired) electrons. The fourth-order valence-corrected chi connectivity index (χ4v) is 1.86. The second kappa shape index (κ2) is 6.50. The first-order valence-electron chi connectivity index (χ1n) is 6.54. The van der Waals surface area contributed by atoms with Crippen LogP contribution in [0.2, 0.25) is 0 Å². The van der Waals surface area contributed by atoms with Crippen LogP contribution in [0.15, 0.2) is 42.5 Å². The summed E-state index contributed by atoms with van der Waals surface area (Å²) in [5, 5.41) is 19.8. The predicted octanol–water partition coefficient (Wildman–Crippen LogP) is 3.85. The van der Waals surface area contributed by atoms with Crippen molar-refractivity contribution in [1.29, 1.82) is 5.26 Å². The average Bonchev–Trinajstić information content (AvgIpc) is 2.55. The number of hydrogen-bond donors (Lipinski definition) is 0. The number of hydrogen-bond acceptors (Lipinski definition) is 5. The molecule has 0 spiro atoms. The van der Waals surface area contributed by atoms with Gasteiger partial charge in [0.05, 0.1) is 16.6 Å². The number of nitrogens with zero attached hydrogens (tertiary/aromatic N) is 2. The van der Waals surface area contributed by atoms with Crippen molar-refractivity contribution in [3.8, 4) is 17.6 Å². The molecule has 0 saturated heterocycles. The smallest absolute Gasteiger partial charge is 0.312 e. The molecule has 2 aromatic rings. The second-order valence-electron chi connectivity index (χ2n) is 4.45. The number of Topliss-reactive ketones (excluding diaryl/α,β-unsaturated/α-hetero) is 1. The Kier molecular flexibility index (Phi) is 4.49. The molecule has 0 aromatic heterocycles. The molecule has 0 amide bonds. The van der Waals surface area contributed by atoms with E-state index in [1.807, 2.05) is 6.07 Å². The Morgan fingerprint density at radius 1 is 1.27 bits per heavy atom. The normalized spacial score (nSPS) is 9.82. The molecular formula is C16H12N2O4. The van der Waals surface area contributed by atoms with Crippen LogP contribution in [0.1, 0.15) is 29.3 Å². The van der Waals surface area contributed by atoms with E-state index in [4.69, 9.17) is 10.00 Å². The van der Waals surface area contributed by atoms with E-state index in [2.05, 4.69) is 0 Å². The number of ether oxygens (including phenoxy) is 1. The van der Waals surface area contributed by atoms with Crippen molar-refractivity contribution < 1.29 is 14.5 Å². The van der Waals surface area contributed by atoms with Crippen LogP contribution in [-0.2, 0) is 0 Å².